The van der Waals surface area contributed by atoms with Gasteiger partial charge in [-0.2, -0.15) is 0 Å². The van der Waals surface area contributed by atoms with Crippen molar-refractivity contribution in [2.24, 2.45) is 0 Å². The summed E-state index contributed by atoms with van der Waals surface area (Å²) in [6.07, 6.45) is 2.97. The number of nitrogens with one attached hydrogen (secondary N) is 4. The third-order valence-corrected chi connectivity index (χ3v) is 5.29. The molecule has 4 aromatic rings. The summed E-state index contributed by atoms with van der Waals surface area (Å²) in [5.74, 6) is 0.122. The first-order chi connectivity index (χ1) is 17.2. The van der Waals surface area contributed by atoms with Crippen LogP contribution >= 0.6 is 11.6 Å². The summed E-state index contributed by atoms with van der Waals surface area (Å²) in [5, 5.41) is 9.99. The van der Waals surface area contributed by atoms with Gasteiger partial charge in [-0.3, -0.25) is 4.79 Å². The molecule has 0 unspecified atom stereocenters. The Hall–Kier alpha value is -4.11. The molecule has 0 atom stereocenters. The number of alkyl carbamates (subject to hydrolysis) is 1. The Labute approximate surface area is 213 Å². The number of hydrogen-bond donors (Lipinski definition) is 4. The molecule has 0 fully saturated rings. The van der Waals surface area contributed by atoms with Gasteiger partial charge in [-0.05, 0) is 45.0 Å². The number of rotatable bonds is 7. The van der Waals surface area contributed by atoms with Crippen LogP contribution in [-0.4, -0.2) is 39.1 Å². The maximum Gasteiger partial charge on any atom is 0.407 e. The van der Waals surface area contributed by atoms with Gasteiger partial charge in [0.05, 0.1) is 16.9 Å². The van der Waals surface area contributed by atoms with Gasteiger partial charge in [0.25, 0.3) is 0 Å². The molecule has 2 amide bonds. The van der Waals surface area contributed by atoms with Crippen LogP contribution in [0.4, 0.5) is 22.1 Å². The lowest BCUT2D eigenvalue weighted by Gasteiger charge is -2.19. The maximum atomic E-state index is 12.3. The number of carbonyl (C=O) groups is 2. The van der Waals surface area contributed by atoms with E-state index in [9.17, 15) is 9.59 Å². The Morgan fingerprint density at radius 2 is 1.86 bits per heavy atom. The smallest absolute Gasteiger partial charge is 0.407 e. The van der Waals surface area contributed by atoms with Crippen LogP contribution in [0.2, 0.25) is 5.02 Å². The van der Waals surface area contributed by atoms with Crippen molar-refractivity contribution >= 4 is 51.8 Å². The number of halogens is 1. The molecule has 0 aliphatic rings. The van der Waals surface area contributed by atoms with Gasteiger partial charge < -0.3 is 25.7 Å². The van der Waals surface area contributed by atoms with E-state index in [0.717, 1.165) is 16.5 Å². The van der Waals surface area contributed by atoms with Crippen molar-refractivity contribution in [1.29, 1.82) is 0 Å². The lowest BCUT2D eigenvalue weighted by molar-refractivity contribution is -0.116. The first-order valence-corrected chi connectivity index (χ1v) is 11.8. The zero-order chi connectivity index (χ0) is 25.7. The van der Waals surface area contributed by atoms with Crippen LogP contribution in [0.5, 0.6) is 0 Å². The summed E-state index contributed by atoms with van der Waals surface area (Å²) in [4.78, 5) is 36.2. The van der Waals surface area contributed by atoms with Crippen molar-refractivity contribution in [1.82, 2.24) is 20.3 Å². The number of anilines is 3. The molecule has 0 saturated carbocycles. The van der Waals surface area contributed by atoms with E-state index in [4.69, 9.17) is 16.3 Å². The van der Waals surface area contributed by atoms with E-state index in [0.29, 0.717) is 28.0 Å². The molecule has 0 saturated heterocycles. The molecule has 10 heteroatoms. The molecule has 0 spiro atoms. The molecule has 0 aliphatic carbocycles. The minimum Gasteiger partial charge on any atom is -0.444 e. The summed E-state index contributed by atoms with van der Waals surface area (Å²) >= 11 is 6.42. The molecule has 0 radical (unpaired) electrons. The largest absolute Gasteiger partial charge is 0.444 e. The normalized spacial score (nSPS) is 11.2. The summed E-state index contributed by atoms with van der Waals surface area (Å²) < 4.78 is 5.16. The minimum absolute atomic E-state index is 0.102. The molecule has 0 bridgehead atoms. The standard InChI is InChI=1S/C26H27ClN6O3/c1-26(2,3)36-25(35)28-12-11-22(34)31-16-7-6-8-17(13-16)32-24-30-15-20(27)23(33-24)19-14-29-21-10-5-4-9-18(19)21/h4-10,13-15,29H,11-12H2,1-3H3,(H,28,35)(H,31,34)(H,30,32,33). The lowest BCUT2D eigenvalue weighted by atomic mass is 10.1. The van der Waals surface area contributed by atoms with E-state index in [2.05, 4.69) is 30.9 Å². The molecular weight excluding hydrogens is 480 g/mol. The quantitative estimate of drug-likeness (QED) is 0.248. The molecule has 0 aliphatic heterocycles. The third kappa shape index (κ3) is 6.51. The number of para-hydroxylation sites is 1. The number of amides is 2. The van der Waals surface area contributed by atoms with Gasteiger partial charge in [0.2, 0.25) is 11.9 Å². The summed E-state index contributed by atoms with van der Waals surface area (Å²) in [6.45, 7) is 5.49. The van der Waals surface area contributed by atoms with Crippen LogP contribution in [0.3, 0.4) is 0 Å². The van der Waals surface area contributed by atoms with Gasteiger partial charge in [0, 0.05) is 47.0 Å². The van der Waals surface area contributed by atoms with Crippen LogP contribution in [-0.2, 0) is 9.53 Å². The molecule has 4 N–H and O–H groups in total. The Morgan fingerprint density at radius 3 is 2.67 bits per heavy atom. The molecule has 36 heavy (non-hydrogen) atoms. The number of fused-ring (bicyclic) bond motifs is 1. The molecule has 4 rings (SSSR count). The highest BCUT2D eigenvalue weighted by Gasteiger charge is 2.16. The Bertz CT molecular complexity index is 1400. The molecule has 186 valence electrons. The van der Waals surface area contributed by atoms with Gasteiger partial charge in [-0.1, -0.05) is 35.9 Å². The van der Waals surface area contributed by atoms with Crippen molar-refractivity contribution in [3.05, 3.63) is 65.9 Å². The van der Waals surface area contributed by atoms with Crippen LogP contribution in [0, 0.1) is 0 Å². The SMILES string of the molecule is CC(C)(C)OC(=O)NCCC(=O)Nc1cccc(Nc2ncc(Cl)c(-c3c[nH]c4ccccc34)n2)c1. The molecule has 2 aromatic heterocycles. The van der Waals surface area contributed by atoms with Gasteiger partial charge in [0.15, 0.2) is 0 Å². The predicted octanol–water partition coefficient (Wildman–Crippen LogP) is 5.88. The van der Waals surface area contributed by atoms with Gasteiger partial charge >= 0.3 is 6.09 Å². The Morgan fingerprint density at radius 1 is 1.08 bits per heavy atom. The van der Waals surface area contributed by atoms with E-state index in [1.54, 1.807) is 45.2 Å². The fourth-order valence-corrected chi connectivity index (χ4v) is 3.70. The maximum absolute atomic E-state index is 12.3. The Balaban J connectivity index is 1.39. The number of carbonyl (C=O) groups excluding carboxylic acids is 2. The number of aromatic amines is 1. The fourth-order valence-electron chi connectivity index (χ4n) is 3.50. The topological polar surface area (TPSA) is 121 Å². The fraction of sp³-hybridized carbons (Fsp3) is 0.231. The molecule has 9 nitrogen and oxygen atoms in total. The summed E-state index contributed by atoms with van der Waals surface area (Å²) in [6, 6.07) is 15.1. The second-order valence-corrected chi connectivity index (χ2v) is 9.48. The minimum atomic E-state index is -0.593. The monoisotopic (exact) mass is 506 g/mol. The van der Waals surface area contributed by atoms with Crippen LogP contribution in [0.1, 0.15) is 27.2 Å². The summed E-state index contributed by atoms with van der Waals surface area (Å²) in [5.41, 5.74) is 3.15. The van der Waals surface area contributed by atoms with Gasteiger partial charge in [-0.25, -0.2) is 14.8 Å². The number of aromatic nitrogens is 3. The average molecular weight is 507 g/mol. The summed E-state index contributed by atoms with van der Waals surface area (Å²) in [7, 11) is 0. The van der Waals surface area contributed by atoms with Crippen molar-refractivity contribution in [3.63, 3.8) is 0 Å². The van der Waals surface area contributed by atoms with E-state index in [-0.39, 0.29) is 18.9 Å². The van der Waals surface area contributed by atoms with Crippen LogP contribution in [0.25, 0.3) is 22.2 Å². The van der Waals surface area contributed by atoms with Crippen molar-refractivity contribution in [2.45, 2.75) is 32.8 Å². The van der Waals surface area contributed by atoms with Crippen LogP contribution in [0.15, 0.2) is 60.9 Å². The predicted molar refractivity (Wildman–Crippen MR) is 142 cm³/mol. The highest BCUT2D eigenvalue weighted by Crippen LogP contribution is 2.32. The third-order valence-electron chi connectivity index (χ3n) is 5.01. The molecule has 2 heterocycles. The van der Waals surface area contributed by atoms with E-state index in [1.807, 2.05) is 36.5 Å². The number of H-pyrrole nitrogens is 1. The number of benzene rings is 2. The van der Waals surface area contributed by atoms with Crippen molar-refractivity contribution in [3.8, 4) is 11.3 Å². The zero-order valence-corrected chi connectivity index (χ0v) is 20.9. The van der Waals surface area contributed by atoms with Crippen molar-refractivity contribution in [2.75, 3.05) is 17.2 Å². The lowest BCUT2D eigenvalue weighted by Crippen LogP contribution is -2.34. The Kier molecular flexibility index (Phi) is 7.40. The van der Waals surface area contributed by atoms with E-state index < -0.39 is 11.7 Å². The van der Waals surface area contributed by atoms with Gasteiger partial charge in [-0.15, -0.1) is 0 Å². The van der Waals surface area contributed by atoms with E-state index >= 15 is 0 Å². The second kappa shape index (κ2) is 10.7. The average Bonchev–Trinajstić information content (AvgIpc) is 3.23. The second-order valence-electron chi connectivity index (χ2n) is 9.07. The molecule has 2 aromatic carbocycles. The molecular formula is C26H27ClN6O3. The first kappa shape index (κ1) is 25.0. The van der Waals surface area contributed by atoms with Crippen LogP contribution < -0.4 is 16.0 Å². The van der Waals surface area contributed by atoms with Crippen molar-refractivity contribution < 1.29 is 14.3 Å². The highest BCUT2D eigenvalue weighted by molar-refractivity contribution is 6.33. The van der Waals surface area contributed by atoms with E-state index in [1.165, 1.54) is 0 Å². The number of ether oxygens (including phenoxy) is 1. The van der Waals surface area contributed by atoms with Gasteiger partial charge in [0.1, 0.15) is 5.60 Å². The first-order valence-electron chi connectivity index (χ1n) is 11.4. The number of nitrogens with zero attached hydrogens (tertiary/aromatic N) is 2. The highest BCUT2D eigenvalue weighted by atomic mass is 35.5. The number of hydrogen-bond acceptors (Lipinski definition) is 6. The zero-order valence-electron chi connectivity index (χ0n) is 20.2.